The molecular weight excluding hydrogens is 352 g/mol. The molecule has 2 aliphatic rings. The second-order valence-corrected chi connectivity index (χ2v) is 8.84. The highest BCUT2D eigenvalue weighted by atomic mass is 15.2. The SMILES string of the molecule is CN(C)C1(c2ccccc2)CCC(NC2c3ccccc3-c3ccccc32)CC1. The lowest BCUT2D eigenvalue weighted by atomic mass is 9.74. The average Bonchev–Trinajstić information content (AvgIpc) is 3.09. The number of hydrogen-bond donors (Lipinski definition) is 1. The molecule has 1 saturated carbocycles. The van der Waals surface area contributed by atoms with Crippen LogP contribution in [0.1, 0.15) is 48.4 Å². The van der Waals surface area contributed by atoms with Gasteiger partial charge in [0.2, 0.25) is 0 Å². The third-order valence-electron chi connectivity index (χ3n) is 7.22. The zero-order chi connectivity index (χ0) is 19.8. The molecule has 29 heavy (non-hydrogen) atoms. The Morgan fingerprint density at radius 3 is 1.79 bits per heavy atom. The molecule has 0 aliphatic heterocycles. The number of fused-ring (bicyclic) bond motifs is 3. The first-order valence-electron chi connectivity index (χ1n) is 10.9. The normalized spacial score (nSPS) is 23.8. The third kappa shape index (κ3) is 3.11. The van der Waals surface area contributed by atoms with Crippen molar-refractivity contribution >= 4 is 0 Å². The molecule has 3 aromatic carbocycles. The molecule has 0 radical (unpaired) electrons. The van der Waals surface area contributed by atoms with Crippen LogP contribution in [0.2, 0.25) is 0 Å². The third-order valence-corrected chi connectivity index (χ3v) is 7.22. The van der Waals surface area contributed by atoms with Gasteiger partial charge in [-0.25, -0.2) is 0 Å². The summed E-state index contributed by atoms with van der Waals surface area (Å²) in [5.74, 6) is 0. The van der Waals surface area contributed by atoms with Crippen LogP contribution in [0.15, 0.2) is 78.9 Å². The van der Waals surface area contributed by atoms with Crippen molar-refractivity contribution in [3.63, 3.8) is 0 Å². The molecule has 0 saturated heterocycles. The lowest BCUT2D eigenvalue weighted by Crippen LogP contribution is -2.48. The lowest BCUT2D eigenvalue weighted by Gasteiger charge is -2.46. The first-order valence-corrected chi connectivity index (χ1v) is 10.9. The Morgan fingerprint density at radius 2 is 1.24 bits per heavy atom. The molecular formula is C27H30N2. The Hall–Kier alpha value is -2.42. The highest BCUT2D eigenvalue weighted by molar-refractivity contribution is 5.78. The summed E-state index contributed by atoms with van der Waals surface area (Å²) in [5.41, 5.74) is 7.26. The zero-order valence-electron chi connectivity index (χ0n) is 17.4. The number of nitrogens with zero attached hydrogens (tertiary/aromatic N) is 1. The average molecular weight is 383 g/mol. The summed E-state index contributed by atoms with van der Waals surface area (Å²) in [6, 6.07) is 29.7. The van der Waals surface area contributed by atoms with Gasteiger partial charge in [0.25, 0.3) is 0 Å². The van der Waals surface area contributed by atoms with Crippen molar-refractivity contribution in [2.24, 2.45) is 0 Å². The van der Waals surface area contributed by atoms with Crippen molar-refractivity contribution in [1.82, 2.24) is 10.2 Å². The fourth-order valence-corrected chi connectivity index (χ4v) is 5.58. The van der Waals surface area contributed by atoms with Crippen LogP contribution in [0.5, 0.6) is 0 Å². The maximum Gasteiger partial charge on any atom is 0.0591 e. The molecule has 0 heterocycles. The standard InChI is InChI=1S/C27H30N2/c1-29(2)27(20-10-4-3-5-11-20)18-16-21(17-19-27)28-26-24-14-8-6-12-22(24)23-13-7-9-15-25(23)26/h3-15,21,26,28H,16-19H2,1-2H3. The van der Waals surface area contributed by atoms with Crippen LogP contribution in [-0.2, 0) is 5.54 Å². The Bertz CT molecular complexity index is 939. The van der Waals surface area contributed by atoms with Gasteiger partial charge in [-0.15, -0.1) is 0 Å². The minimum atomic E-state index is 0.158. The number of hydrogen-bond acceptors (Lipinski definition) is 2. The quantitative estimate of drug-likeness (QED) is 0.618. The minimum absolute atomic E-state index is 0.158. The molecule has 0 atom stereocenters. The van der Waals surface area contributed by atoms with E-state index < -0.39 is 0 Å². The topological polar surface area (TPSA) is 15.3 Å². The summed E-state index contributed by atoms with van der Waals surface area (Å²) in [4.78, 5) is 2.44. The first kappa shape index (κ1) is 18.6. The molecule has 1 N–H and O–H groups in total. The van der Waals surface area contributed by atoms with Crippen molar-refractivity contribution in [2.45, 2.75) is 43.3 Å². The monoisotopic (exact) mass is 382 g/mol. The van der Waals surface area contributed by atoms with Crippen molar-refractivity contribution < 1.29 is 0 Å². The predicted octanol–water partition coefficient (Wildman–Crippen LogP) is 5.75. The minimum Gasteiger partial charge on any atom is -0.303 e. The van der Waals surface area contributed by atoms with Crippen LogP contribution in [-0.4, -0.2) is 25.0 Å². The molecule has 3 aromatic rings. The zero-order valence-corrected chi connectivity index (χ0v) is 17.4. The molecule has 148 valence electrons. The maximum atomic E-state index is 4.04. The van der Waals surface area contributed by atoms with E-state index in [0.29, 0.717) is 12.1 Å². The highest BCUT2D eigenvalue weighted by Crippen LogP contribution is 2.45. The summed E-state index contributed by atoms with van der Waals surface area (Å²) < 4.78 is 0. The molecule has 2 aliphatic carbocycles. The number of rotatable bonds is 4. The summed E-state index contributed by atoms with van der Waals surface area (Å²) in [6.45, 7) is 0. The van der Waals surface area contributed by atoms with Crippen molar-refractivity contribution in [2.75, 3.05) is 14.1 Å². The molecule has 0 bridgehead atoms. The summed E-state index contributed by atoms with van der Waals surface area (Å²) >= 11 is 0. The van der Waals surface area contributed by atoms with Gasteiger partial charge in [-0.2, -0.15) is 0 Å². The van der Waals surface area contributed by atoms with E-state index in [-0.39, 0.29) is 5.54 Å². The maximum absolute atomic E-state index is 4.04. The Kier molecular flexibility index (Phi) is 4.77. The largest absolute Gasteiger partial charge is 0.303 e. The second-order valence-electron chi connectivity index (χ2n) is 8.84. The molecule has 0 amide bonds. The highest BCUT2D eigenvalue weighted by Gasteiger charge is 2.40. The molecule has 0 unspecified atom stereocenters. The van der Waals surface area contributed by atoms with E-state index in [0.717, 1.165) is 0 Å². The summed E-state index contributed by atoms with van der Waals surface area (Å²) in [5, 5.41) is 4.04. The van der Waals surface area contributed by atoms with Crippen LogP contribution in [0, 0.1) is 0 Å². The van der Waals surface area contributed by atoms with Gasteiger partial charge in [-0.3, -0.25) is 4.90 Å². The van der Waals surface area contributed by atoms with Gasteiger partial charge in [-0.05, 0) is 67.6 Å². The fraction of sp³-hybridized carbons (Fsp3) is 0.333. The van der Waals surface area contributed by atoms with Gasteiger partial charge in [0, 0.05) is 11.6 Å². The second kappa shape index (κ2) is 7.44. The summed E-state index contributed by atoms with van der Waals surface area (Å²) in [7, 11) is 4.48. The molecule has 5 rings (SSSR count). The number of benzene rings is 3. The molecule has 1 fully saturated rings. The first-order chi connectivity index (χ1) is 14.2. The molecule has 0 spiro atoms. The van der Waals surface area contributed by atoms with Gasteiger partial charge < -0.3 is 5.32 Å². The lowest BCUT2D eigenvalue weighted by molar-refractivity contribution is 0.0843. The van der Waals surface area contributed by atoms with E-state index in [9.17, 15) is 0 Å². The van der Waals surface area contributed by atoms with Crippen molar-refractivity contribution in [1.29, 1.82) is 0 Å². The van der Waals surface area contributed by atoms with Gasteiger partial charge in [-0.1, -0.05) is 78.9 Å². The molecule has 2 nitrogen and oxygen atoms in total. The van der Waals surface area contributed by atoms with E-state index in [1.165, 1.54) is 53.5 Å². The van der Waals surface area contributed by atoms with Crippen molar-refractivity contribution in [3.05, 3.63) is 95.6 Å². The van der Waals surface area contributed by atoms with Crippen LogP contribution in [0.4, 0.5) is 0 Å². The van der Waals surface area contributed by atoms with Gasteiger partial charge in [0.15, 0.2) is 0 Å². The van der Waals surface area contributed by atoms with Gasteiger partial charge in [0.05, 0.1) is 6.04 Å². The Balaban J connectivity index is 1.37. The smallest absolute Gasteiger partial charge is 0.0591 e. The van der Waals surface area contributed by atoms with Crippen LogP contribution >= 0.6 is 0 Å². The van der Waals surface area contributed by atoms with Crippen molar-refractivity contribution in [3.8, 4) is 11.1 Å². The van der Waals surface area contributed by atoms with Gasteiger partial charge >= 0.3 is 0 Å². The van der Waals surface area contributed by atoms with Crippen LogP contribution < -0.4 is 5.32 Å². The van der Waals surface area contributed by atoms with E-state index in [4.69, 9.17) is 0 Å². The van der Waals surface area contributed by atoms with E-state index in [1.807, 2.05) is 0 Å². The van der Waals surface area contributed by atoms with Crippen LogP contribution in [0.3, 0.4) is 0 Å². The Morgan fingerprint density at radius 1 is 0.724 bits per heavy atom. The molecule has 2 heteroatoms. The summed E-state index contributed by atoms with van der Waals surface area (Å²) in [6.07, 6.45) is 4.79. The van der Waals surface area contributed by atoms with E-state index in [1.54, 1.807) is 0 Å². The predicted molar refractivity (Wildman–Crippen MR) is 121 cm³/mol. The van der Waals surface area contributed by atoms with Gasteiger partial charge in [0.1, 0.15) is 0 Å². The van der Waals surface area contributed by atoms with E-state index >= 15 is 0 Å². The Labute approximate surface area is 174 Å². The molecule has 0 aromatic heterocycles. The fourth-order valence-electron chi connectivity index (χ4n) is 5.58. The van der Waals surface area contributed by atoms with E-state index in [2.05, 4.69) is 103 Å². The van der Waals surface area contributed by atoms with Crippen LogP contribution in [0.25, 0.3) is 11.1 Å². The number of nitrogens with one attached hydrogen (secondary N) is 1.